The van der Waals surface area contributed by atoms with Gasteiger partial charge in [-0.1, -0.05) is 30.3 Å². The Hall–Kier alpha value is -1.75. The summed E-state index contributed by atoms with van der Waals surface area (Å²) in [5, 5.41) is 11.8. The van der Waals surface area contributed by atoms with Crippen LogP contribution in [0.5, 0.6) is 0 Å². The number of tetrazole rings is 1. The second-order valence-electron chi connectivity index (χ2n) is 2.93. The number of aromatic nitrogens is 4. The molecule has 2 N–H and O–H groups in total. The normalized spacial score (nSPS) is 10.4. The van der Waals surface area contributed by atoms with Crippen molar-refractivity contribution in [3.8, 4) is 0 Å². The highest BCUT2D eigenvalue weighted by Gasteiger charge is 2.00. The summed E-state index contributed by atoms with van der Waals surface area (Å²) in [5.74, 6) is 0.570. The Kier molecular flexibility index (Phi) is 2.51. The topological polar surface area (TPSA) is 69.6 Å². The third-order valence-electron chi connectivity index (χ3n) is 1.84. The van der Waals surface area contributed by atoms with Gasteiger partial charge in [-0.3, -0.25) is 0 Å². The van der Waals surface area contributed by atoms with Gasteiger partial charge in [-0.2, -0.15) is 4.80 Å². The predicted molar refractivity (Wildman–Crippen MR) is 51.3 cm³/mol. The summed E-state index contributed by atoms with van der Waals surface area (Å²) in [6.45, 7) is 0.961. The number of hydrogen-bond donors (Lipinski definition) is 1. The predicted octanol–water partition coefficient (Wildman–Crippen LogP) is 0.180. The molecule has 1 aromatic carbocycles. The lowest BCUT2D eigenvalue weighted by atomic mass is 10.2. The Morgan fingerprint density at radius 1 is 1.21 bits per heavy atom. The molecule has 0 saturated heterocycles. The van der Waals surface area contributed by atoms with Crippen molar-refractivity contribution in [2.24, 2.45) is 5.73 Å². The molecule has 14 heavy (non-hydrogen) atoms. The van der Waals surface area contributed by atoms with E-state index < -0.39 is 0 Å². The van der Waals surface area contributed by atoms with Crippen LogP contribution in [0.15, 0.2) is 30.3 Å². The van der Waals surface area contributed by atoms with Gasteiger partial charge in [0.15, 0.2) is 5.82 Å². The van der Waals surface area contributed by atoms with Gasteiger partial charge in [-0.15, -0.1) is 10.2 Å². The fourth-order valence-electron chi connectivity index (χ4n) is 1.17. The molecule has 0 aliphatic heterocycles. The molecule has 72 valence electrons. The maximum atomic E-state index is 5.38. The van der Waals surface area contributed by atoms with Gasteiger partial charge in [0.25, 0.3) is 0 Å². The quantitative estimate of drug-likeness (QED) is 0.747. The fraction of sp³-hybridized carbons (Fsp3) is 0.222. The third-order valence-corrected chi connectivity index (χ3v) is 1.84. The first kappa shape index (κ1) is 8.83. The van der Waals surface area contributed by atoms with E-state index in [2.05, 4.69) is 15.4 Å². The van der Waals surface area contributed by atoms with E-state index in [4.69, 9.17) is 5.73 Å². The third kappa shape index (κ3) is 1.94. The van der Waals surface area contributed by atoms with Crippen molar-refractivity contribution < 1.29 is 0 Å². The molecule has 0 aliphatic carbocycles. The average Bonchev–Trinajstić information content (AvgIpc) is 2.67. The van der Waals surface area contributed by atoms with Gasteiger partial charge >= 0.3 is 0 Å². The van der Waals surface area contributed by atoms with Crippen LogP contribution >= 0.6 is 0 Å². The number of nitrogens with two attached hydrogens (primary N) is 1. The van der Waals surface area contributed by atoms with Crippen LogP contribution in [0.1, 0.15) is 11.4 Å². The van der Waals surface area contributed by atoms with Gasteiger partial charge in [0.05, 0.1) is 13.1 Å². The lowest BCUT2D eigenvalue weighted by Crippen LogP contribution is -2.05. The largest absolute Gasteiger partial charge is 0.324 e. The molecule has 0 spiro atoms. The van der Waals surface area contributed by atoms with Crippen LogP contribution in [-0.4, -0.2) is 20.2 Å². The van der Waals surface area contributed by atoms with E-state index in [0.717, 1.165) is 5.56 Å². The lowest BCUT2D eigenvalue weighted by Gasteiger charge is -1.97. The molecule has 5 heteroatoms. The van der Waals surface area contributed by atoms with E-state index in [1.807, 2.05) is 30.3 Å². The molecule has 2 aromatic rings. The van der Waals surface area contributed by atoms with E-state index in [1.165, 1.54) is 4.80 Å². The molecule has 2 rings (SSSR count). The summed E-state index contributed by atoms with van der Waals surface area (Å²) in [6.07, 6.45) is 0. The van der Waals surface area contributed by atoms with Gasteiger partial charge < -0.3 is 5.73 Å². The standard InChI is InChI=1S/C9H11N5/c10-6-9-11-13-14(12-9)7-8-4-2-1-3-5-8/h1-5H,6-7,10H2. The smallest absolute Gasteiger partial charge is 0.188 e. The highest BCUT2D eigenvalue weighted by atomic mass is 15.6. The minimum absolute atomic E-state index is 0.328. The van der Waals surface area contributed by atoms with E-state index in [-0.39, 0.29) is 0 Å². The number of hydrogen-bond acceptors (Lipinski definition) is 4. The van der Waals surface area contributed by atoms with Crippen molar-refractivity contribution in [3.05, 3.63) is 41.7 Å². The van der Waals surface area contributed by atoms with Crippen LogP contribution < -0.4 is 5.73 Å². The van der Waals surface area contributed by atoms with E-state index in [0.29, 0.717) is 18.9 Å². The Morgan fingerprint density at radius 2 is 2.00 bits per heavy atom. The van der Waals surface area contributed by atoms with Crippen molar-refractivity contribution in [2.45, 2.75) is 13.1 Å². The second kappa shape index (κ2) is 3.97. The summed E-state index contributed by atoms with van der Waals surface area (Å²) in [6, 6.07) is 9.98. The first-order valence-electron chi connectivity index (χ1n) is 4.39. The van der Waals surface area contributed by atoms with Gasteiger partial charge in [0.1, 0.15) is 0 Å². The highest BCUT2D eigenvalue weighted by Crippen LogP contribution is 1.99. The molecule has 0 radical (unpaired) electrons. The monoisotopic (exact) mass is 189 g/mol. The van der Waals surface area contributed by atoms with Crippen molar-refractivity contribution in [3.63, 3.8) is 0 Å². The Balaban J connectivity index is 2.11. The van der Waals surface area contributed by atoms with Gasteiger partial charge in [-0.25, -0.2) is 0 Å². The molecule has 0 amide bonds. The molecule has 1 heterocycles. The molecule has 0 bridgehead atoms. The van der Waals surface area contributed by atoms with E-state index in [1.54, 1.807) is 0 Å². The average molecular weight is 189 g/mol. The molecular formula is C9H11N5. The molecule has 0 saturated carbocycles. The minimum Gasteiger partial charge on any atom is -0.324 e. The van der Waals surface area contributed by atoms with Crippen molar-refractivity contribution in [1.82, 2.24) is 20.2 Å². The summed E-state index contributed by atoms with van der Waals surface area (Å²) < 4.78 is 0. The summed E-state index contributed by atoms with van der Waals surface area (Å²) >= 11 is 0. The molecule has 5 nitrogen and oxygen atoms in total. The fourth-order valence-corrected chi connectivity index (χ4v) is 1.17. The zero-order chi connectivity index (χ0) is 9.80. The van der Waals surface area contributed by atoms with Gasteiger partial charge in [-0.05, 0) is 10.8 Å². The van der Waals surface area contributed by atoms with Crippen molar-refractivity contribution in [1.29, 1.82) is 0 Å². The van der Waals surface area contributed by atoms with E-state index >= 15 is 0 Å². The first-order valence-corrected chi connectivity index (χ1v) is 4.39. The van der Waals surface area contributed by atoms with Gasteiger partial charge in [0, 0.05) is 0 Å². The second-order valence-corrected chi connectivity index (χ2v) is 2.93. The molecule has 0 fully saturated rings. The molecule has 0 aliphatic rings. The SMILES string of the molecule is NCc1nnn(Cc2ccccc2)n1. The molecule has 0 unspecified atom stereocenters. The highest BCUT2D eigenvalue weighted by molar-refractivity contribution is 5.14. The van der Waals surface area contributed by atoms with Crippen LogP contribution in [-0.2, 0) is 13.1 Å². The lowest BCUT2D eigenvalue weighted by molar-refractivity contribution is 0.570. The number of benzene rings is 1. The zero-order valence-corrected chi connectivity index (χ0v) is 7.67. The van der Waals surface area contributed by atoms with Crippen LogP contribution in [0, 0.1) is 0 Å². The molecule has 1 aromatic heterocycles. The van der Waals surface area contributed by atoms with Crippen molar-refractivity contribution >= 4 is 0 Å². The summed E-state index contributed by atoms with van der Waals surface area (Å²) in [4.78, 5) is 1.54. The van der Waals surface area contributed by atoms with Crippen molar-refractivity contribution in [2.75, 3.05) is 0 Å². The summed E-state index contributed by atoms with van der Waals surface area (Å²) in [7, 11) is 0. The van der Waals surface area contributed by atoms with Crippen LogP contribution in [0.25, 0.3) is 0 Å². The Labute approximate surface area is 81.5 Å². The number of rotatable bonds is 3. The van der Waals surface area contributed by atoms with Crippen LogP contribution in [0.3, 0.4) is 0 Å². The molecular weight excluding hydrogens is 178 g/mol. The van der Waals surface area contributed by atoms with E-state index in [9.17, 15) is 0 Å². The Bertz CT molecular complexity index is 395. The molecule has 0 atom stereocenters. The maximum Gasteiger partial charge on any atom is 0.188 e. The van der Waals surface area contributed by atoms with Crippen LogP contribution in [0.4, 0.5) is 0 Å². The first-order chi connectivity index (χ1) is 6.88. The Morgan fingerprint density at radius 3 is 2.64 bits per heavy atom. The summed E-state index contributed by atoms with van der Waals surface area (Å²) in [5.41, 5.74) is 6.52. The maximum absolute atomic E-state index is 5.38. The van der Waals surface area contributed by atoms with Gasteiger partial charge in [0.2, 0.25) is 0 Å². The zero-order valence-electron chi connectivity index (χ0n) is 7.67. The van der Waals surface area contributed by atoms with Crippen LogP contribution in [0.2, 0.25) is 0 Å². The minimum atomic E-state index is 0.328. The number of nitrogens with zero attached hydrogens (tertiary/aromatic N) is 4.